The number of hydrogen-bond acceptors (Lipinski definition) is 1. The van der Waals surface area contributed by atoms with Crippen molar-refractivity contribution in [2.24, 2.45) is 0 Å². The first-order valence-corrected chi connectivity index (χ1v) is 12.9. The summed E-state index contributed by atoms with van der Waals surface area (Å²) in [7, 11) is 2.23. The van der Waals surface area contributed by atoms with E-state index in [1.54, 1.807) is 0 Å². The highest BCUT2D eigenvalue weighted by molar-refractivity contribution is 5.86. The third-order valence-corrected chi connectivity index (χ3v) is 6.95. The van der Waals surface area contributed by atoms with Gasteiger partial charge in [0.1, 0.15) is 0 Å². The Balaban J connectivity index is 1.54. The molecule has 0 unspecified atom stereocenters. The Labute approximate surface area is 212 Å². The summed E-state index contributed by atoms with van der Waals surface area (Å²) in [5.41, 5.74) is 8.66. The van der Waals surface area contributed by atoms with Gasteiger partial charge in [-0.15, -0.1) is 0 Å². The highest BCUT2D eigenvalue weighted by Gasteiger charge is 2.15. The lowest BCUT2D eigenvalue weighted by molar-refractivity contribution is 0.320. The van der Waals surface area contributed by atoms with Crippen LogP contribution < -0.4 is 0 Å². The molecule has 182 valence electrons. The molecule has 0 saturated heterocycles. The fourth-order valence-electron chi connectivity index (χ4n) is 4.82. The van der Waals surface area contributed by atoms with Gasteiger partial charge in [-0.25, -0.2) is 0 Å². The largest absolute Gasteiger partial charge is 0.298 e. The minimum absolute atomic E-state index is 0.187. The molecule has 0 atom stereocenters. The number of rotatable bonds is 6. The van der Waals surface area contributed by atoms with Crippen LogP contribution in [0.5, 0.6) is 0 Å². The van der Waals surface area contributed by atoms with Gasteiger partial charge in [-0.05, 0) is 68.5 Å². The summed E-state index contributed by atoms with van der Waals surface area (Å²) in [6.07, 6.45) is 0.959. The molecule has 1 heteroatoms. The second-order valence-electron chi connectivity index (χ2n) is 12.2. The summed E-state index contributed by atoms with van der Waals surface area (Å²) < 4.78 is 0. The number of benzene rings is 4. The fourth-order valence-corrected chi connectivity index (χ4v) is 4.82. The predicted octanol–water partition coefficient (Wildman–Crippen LogP) is 8.66. The van der Waals surface area contributed by atoms with E-state index in [-0.39, 0.29) is 10.8 Å². The lowest BCUT2D eigenvalue weighted by atomic mass is 9.86. The molecule has 0 aliphatic heterocycles. The molecule has 0 saturated carbocycles. The molecule has 0 bridgehead atoms. The topological polar surface area (TPSA) is 3.24 Å². The van der Waals surface area contributed by atoms with Gasteiger partial charge < -0.3 is 0 Å². The quantitative estimate of drug-likeness (QED) is 0.276. The molecule has 4 aromatic carbocycles. The maximum absolute atomic E-state index is 2.43. The van der Waals surface area contributed by atoms with Crippen LogP contribution in [0.3, 0.4) is 0 Å². The summed E-state index contributed by atoms with van der Waals surface area (Å²) >= 11 is 0. The zero-order chi connectivity index (χ0) is 25.2. The Bertz CT molecular complexity index is 1270. The number of nitrogens with zero attached hydrogens (tertiary/aromatic N) is 1. The van der Waals surface area contributed by atoms with E-state index in [2.05, 4.69) is 138 Å². The molecule has 0 radical (unpaired) electrons. The van der Waals surface area contributed by atoms with Gasteiger partial charge >= 0.3 is 0 Å². The van der Waals surface area contributed by atoms with Crippen LogP contribution in [-0.2, 0) is 30.3 Å². The highest BCUT2D eigenvalue weighted by atomic mass is 15.1. The van der Waals surface area contributed by atoms with Crippen molar-refractivity contribution in [2.75, 3.05) is 7.05 Å². The first-order valence-electron chi connectivity index (χ1n) is 12.9. The lowest BCUT2D eigenvalue weighted by Gasteiger charge is -2.21. The Morgan fingerprint density at radius 3 is 1.69 bits per heavy atom. The molecule has 4 rings (SSSR count). The Morgan fingerprint density at radius 2 is 1.11 bits per heavy atom. The zero-order valence-electron chi connectivity index (χ0n) is 22.7. The average Bonchev–Trinajstić information content (AvgIpc) is 2.78. The molecule has 0 fully saturated rings. The first-order chi connectivity index (χ1) is 16.5. The van der Waals surface area contributed by atoms with E-state index >= 15 is 0 Å². The summed E-state index contributed by atoms with van der Waals surface area (Å²) in [4.78, 5) is 2.43. The summed E-state index contributed by atoms with van der Waals surface area (Å²) in [5.74, 6) is 0. The van der Waals surface area contributed by atoms with Gasteiger partial charge in [-0.2, -0.15) is 0 Å². The number of hydrogen-bond donors (Lipinski definition) is 0. The van der Waals surface area contributed by atoms with E-state index in [4.69, 9.17) is 0 Å². The normalized spacial score (nSPS) is 12.5. The zero-order valence-corrected chi connectivity index (χ0v) is 22.7. The maximum Gasteiger partial charge on any atom is 0.0240 e. The third-order valence-electron chi connectivity index (χ3n) is 6.95. The van der Waals surface area contributed by atoms with Gasteiger partial charge in [-0.3, -0.25) is 4.90 Å². The minimum atomic E-state index is 0.187. The SMILES string of the molecule is CN(Cc1ccc(C(C)(C)C)cc1)Cc1cc(Cc2ccc(C(C)(C)C)cc2)cc2ccccc12. The molecule has 0 aromatic heterocycles. The van der Waals surface area contributed by atoms with Crippen LogP contribution in [0.4, 0.5) is 0 Å². The van der Waals surface area contributed by atoms with E-state index in [0.717, 1.165) is 19.5 Å². The number of fused-ring (bicyclic) bond motifs is 1. The standard InChI is InChI=1S/C34H41N/c1-33(2,3)30-16-12-25(13-17-30)20-27-21-28-10-8-9-11-32(28)29(22-27)24-35(7)23-26-14-18-31(19-15-26)34(4,5)6/h8-19,21-22H,20,23-24H2,1-7H3. The second kappa shape index (κ2) is 9.99. The van der Waals surface area contributed by atoms with Gasteiger partial charge in [0.05, 0.1) is 0 Å². The molecule has 35 heavy (non-hydrogen) atoms. The fraction of sp³-hybridized carbons (Fsp3) is 0.353. The van der Waals surface area contributed by atoms with Crippen LogP contribution in [0.1, 0.15) is 74.9 Å². The summed E-state index contributed by atoms with van der Waals surface area (Å²) in [6.45, 7) is 15.5. The van der Waals surface area contributed by atoms with Crippen LogP contribution in [0.15, 0.2) is 84.9 Å². The lowest BCUT2D eigenvalue weighted by Crippen LogP contribution is -2.18. The van der Waals surface area contributed by atoms with Crippen LogP contribution >= 0.6 is 0 Å². The molecule has 0 aliphatic carbocycles. The van der Waals surface area contributed by atoms with Crippen molar-refractivity contribution in [2.45, 2.75) is 71.9 Å². The molecule has 4 aromatic rings. The van der Waals surface area contributed by atoms with Gasteiger partial charge in [0.15, 0.2) is 0 Å². The molecule has 0 heterocycles. The molecular weight excluding hydrogens is 422 g/mol. The van der Waals surface area contributed by atoms with E-state index in [9.17, 15) is 0 Å². The third kappa shape index (κ3) is 6.41. The van der Waals surface area contributed by atoms with E-state index < -0.39 is 0 Å². The second-order valence-corrected chi connectivity index (χ2v) is 12.2. The highest BCUT2D eigenvalue weighted by Crippen LogP contribution is 2.27. The molecular formula is C34H41N. The van der Waals surface area contributed by atoms with Crippen LogP contribution in [-0.4, -0.2) is 11.9 Å². The van der Waals surface area contributed by atoms with Crippen molar-refractivity contribution in [3.05, 3.63) is 118 Å². The summed E-state index contributed by atoms with van der Waals surface area (Å²) in [6, 6.07) is 31.9. The van der Waals surface area contributed by atoms with E-state index in [1.165, 1.54) is 44.2 Å². The van der Waals surface area contributed by atoms with Crippen molar-refractivity contribution in [1.82, 2.24) is 4.90 Å². The van der Waals surface area contributed by atoms with Crippen LogP contribution in [0.25, 0.3) is 10.8 Å². The maximum atomic E-state index is 2.43. The summed E-state index contributed by atoms with van der Waals surface area (Å²) in [5, 5.41) is 2.68. The molecule has 0 aliphatic rings. The van der Waals surface area contributed by atoms with Gasteiger partial charge in [0, 0.05) is 13.1 Å². The molecule has 0 spiro atoms. The van der Waals surface area contributed by atoms with E-state index in [0.29, 0.717) is 0 Å². The van der Waals surface area contributed by atoms with Gasteiger partial charge in [0.2, 0.25) is 0 Å². The van der Waals surface area contributed by atoms with Crippen LogP contribution in [0.2, 0.25) is 0 Å². The van der Waals surface area contributed by atoms with Gasteiger partial charge in [0.25, 0.3) is 0 Å². The Hall–Kier alpha value is -2.90. The van der Waals surface area contributed by atoms with Crippen molar-refractivity contribution in [3.63, 3.8) is 0 Å². The van der Waals surface area contributed by atoms with Crippen molar-refractivity contribution in [1.29, 1.82) is 0 Å². The predicted molar refractivity (Wildman–Crippen MR) is 152 cm³/mol. The van der Waals surface area contributed by atoms with E-state index in [1.807, 2.05) is 0 Å². The monoisotopic (exact) mass is 463 g/mol. The minimum Gasteiger partial charge on any atom is -0.298 e. The van der Waals surface area contributed by atoms with Crippen LogP contribution in [0, 0.1) is 0 Å². The van der Waals surface area contributed by atoms with Crippen molar-refractivity contribution in [3.8, 4) is 0 Å². The molecule has 0 amide bonds. The van der Waals surface area contributed by atoms with Crippen molar-refractivity contribution < 1.29 is 0 Å². The molecule has 1 nitrogen and oxygen atoms in total. The Morgan fingerprint density at radius 1 is 0.571 bits per heavy atom. The van der Waals surface area contributed by atoms with Crippen molar-refractivity contribution >= 4 is 10.8 Å². The van der Waals surface area contributed by atoms with Gasteiger partial charge in [-0.1, -0.05) is 126 Å². The smallest absolute Gasteiger partial charge is 0.0240 e. The molecule has 0 N–H and O–H groups in total. The average molecular weight is 464 g/mol. The first kappa shape index (κ1) is 25.2. The Kier molecular flexibility index (Phi) is 7.20.